The molecular weight excluding hydrogens is 492 g/mol. The average Bonchev–Trinajstić information content (AvgIpc) is 3.32. The molecule has 1 aromatic carbocycles. The first-order chi connectivity index (χ1) is 17.9. The summed E-state index contributed by atoms with van der Waals surface area (Å²) < 4.78 is 6.60. The number of para-hydroxylation sites is 1. The second kappa shape index (κ2) is 11.3. The summed E-state index contributed by atoms with van der Waals surface area (Å²) >= 11 is 1.46. The predicted octanol–water partition coefficient (Wildman–Crippen LogP) is 3.86. The zero-order chi connectivity index (χ0) is 25.8. The summed E-state index contributed by atoms with van der Waals surface area (Å²) in [6.07, 6.45) is 4.47. The molecule has 2 saturated heterocycles. The summed E-state index contributed by atoms with van der Waals surface area (Å²) in [5, 5.41) is 6.25. The highest BCUT2D eigenvalue weighted by atomic mass is 32.1. The van der Waals surface area contributed by atoms with Gasteiger partial charge in [0.2, 0.25) is 5.95 Å². The van der Waals surface area contributed by atoms with Crippen molar-refractivity contribution in [2.24, 2.45) is 0 Å². The Morgan fingerprint density at radius 2 is 1.89 bits per heavy atom. The van der Waals surface area contributed by atoms with E-state index in [0.29, 0.717) is 23.4 Å². The van der Waals surface area contributed by atoms with Gasteiger partial charge in [-0.2, -0.15) is 4.98 Å². The number of fused-ring (bicyclic) bond motifs is 1. The lowest BCUT2D eigenvalue weighted by molar-refractivity contribution is 0.0661. The van der Waals surface area contributed by atoms with Gasteiger partial charge in [0.1, 0.15) is 11.9 Å². The van der Waals surface area contributed by atoms with Crippen molar-refractivity contribution in [1.29, 1.82) is 0 Å². The van der Waals surface area contributed by atoms with Gasteiger partial charge in [-0.3, -0.25) is 10.6 Å². The van der Waals surface area contributed by atoms with Crippen LogP contribution in [0.5, 0.6) is 0 Å². The van der Waals surface area contributed by atoms with E-state index in [9.17, 15) is 9.59 Å². The summed E-state index contributed by atoms with van der Waals surface area (Å²) in [5.74, 6) is 0.911. The van der Waals surface area contributed by atoms with Crippen LogP contribution in [0.1, 0.15) is 25.7 Å². The Kier molecular flexibility index (Phi) is 7.65. The summed E-state index contributed by atoms with van der Waals surface area (Å²) in [6, 6.07) is 9.25. The number of nitrogens with zero attached hydrogens (tertiary/aromatic N) is 6. The third kappa shape index (κ3) is 6.25. The molecule has 11 nitrogen and oxygen atoms in total. The third-order valence-electron chi connectivity index (χ3n) is 6.87. The fourth-order valence-corrected chi connectivity index (χ4v) is 5.54. The number of ether oxygens (including phenoxy) is 1. The molecule has 2 aliphatic rings. The van der Waals surface area contributed by atoms with Crippen LogP contribution < -0.4 is 15.5 Å². The van der Waals surface area contributed by atoms with Gasteiger partial charge in [-0.25, -0.2) is 19.6 Å². The summed E-state index contributed by atoms with van der Waals surface area (Å²) in [5.41, 5.74) is 0.871. The van der Waals surface area contributed by atoms with Crippen LogP contribution in [-0.2, 0) is 4.74 Å². The molecule has 1 atom stereocenters. The smallest absolute Gasteiger partial charge is 0.413 e. The number of carbonyl (C=O) groups excluding carboxylic acids is 2. The minimum atomic E-state index is -0.498. The molecule has 2 N–H and O–H groups in total. The van der Waals surface area contributed by atoms with Gasteiger partial charge in [0, 0.05) is 39.4 Å². The highest BCUT2D eigenvalue weighted by Gasteiger charge is 2.28. The largest absolute Gasteiger partial charge is 0.446 e. The number of amides is 3. The van der Waals surface area contributed by atoms with Crippen molar-refractivity contribution in [2.45, 2.75) is 37.8 Å². The first kappa shape index (κ1) is 25.2. The number of likely N-dealkylation sites (N-methyl/N-ethyl adjacent to an activating group) is 1. The lowest BCUT2D eigenvalue weighted by atomic mass is 10.1. The minimum Gasteiger partial charge on any atom is -0.446 e. The van der Waals surface area contributed by atoms with Gasteiger partial charge in [0.05, 0.1) is 16.3 Å². The minimum absolute atomic E-state index is 0.0160. The number of benzene rings is 1. The van der Waals surface area contributed by atoms with Crippen LogP contribution in [0.25, 0.3) is 10.2 Å². The topological polar surface area (TPSA) is 116 Å². The fourth-order valence-electron chi connectivity index (χ4n) is 4.68. The van der Waals surface area contributed by atoms with Crippen LogP contribution >= 0.6 is 11.3 Å². The number of piperidine rings is 2. The second-order valence-corrected chi connectivity index (χ2v) is 10.6. The molecule has 4 heterocycles. The summed E-state index contributed by atoms with van der Waals surface area (Å²) in [6.45, 7) is 3.19. The zero-order valence-corrected chi connectivity index (χ0v) is 21.9. The SMILES string of the molecule is CN1CCC(OC(=O)Nc2ccnc(N3CCC[C@@H](N(C)C(=O)Nc4nc5ccccc5s4)C3)n2)CC1. The lowest BCUT2D eigenvalue weighted by Crippen LogP contribution is -2.50. The van der Waals surface area contributed by atoms with Crippen molar-refractivity contribution in [1.82, 2.24) is 24.8 Å². The van der Waals surface area contributed by atoms with Gasteiger partial charge in [-0.15, -0.1) is 0 Å². The van der Waals surface area contributed by atoms with Gasteiger partial charge in [0.25, 0.3) is 0 Å². The molecule has 3 aromatic rings. The highest BCUT2D eigenvalue weighted by molar-refractivity contribution is 7.22. The van der Waals surface area contributed by atoms with E-state index in [2.05, 4.69) is 37.5 Å². The molecule has 2 aromatic heterocycles. The molecule has 5 rings (SSSR count). The molecule has 37 heavy (non-hydrogen) atoms. The lowest BCUT2D eigenvalue weighted by Gasteiger charge is -2.37. The van der Waals surface area contributed by atoms with E-state index in [0.717, 1.165) is 55.5 Å². The van der Waals surface area contributed by atoms with E-state index in [1.165, 1.54) is 11.3 Å². The number of likely N-dealkylation sites (tertiary alicyclic amines) is 1. The standard InChI is InChI=1S/C25H32N8O3S/c1-31-14-10-18(11-15-31)36-25(35)29-21-9-12-26-22(28-21)33-13-5-6-17(16-33)32(2)24(34)30-23-27-19-7-3-4-8-20(19)37-23/h3-4,7-9,12,17-18H,5-6,10-11,13-16H2,1-2H3,(H,27,30,34)(H,26,28,29,35)/t17-/m1/s1. The molecule has 2 fully saturated rings. The van der Waals surface area contributed by atoms with Crippen LogP contribution in [0.15, 0.2) is 36.5 Å². The number of carbonyl (C=O) groups is 2. The van der Waals surface area contributed by atoms with E-state index < -0.39 is 6.09 Å². The number of urea groups is 1. The third-order valence-corrected chi connectivity index (χ3v) is 7.82. The molecule has 0 aliphatic carbocycles. The fraction of sp³-hybridized carbons (Fsp3) is 0.480. The van der Waals surface area contributed by atoms with E-state index >= 15 is 0 Å². The first-order valence-electron chi connectivity index (χ1n) is 12.6. The molecule has 0 radical (unpaired) electrons. The molecule has 2 aliphatic heterocycles. The Balaban J connectivity index is 1.17. The zero-order valence-electron chi connectivity index (χ0n) is 21.1. The molecule has 3 amide bonds. The first-order valence-corrected chi connectivity index (χ1v) is 13.4. The maximum Gasteiger partial charge on any atom is 0.413 e. The van der Waals surface area contributed by atoms with Crippen molar-refractivity contribution in [3.63, 3.8) is 0 Å². The van der Waals surface area contributed by atoms with Gasteiger partial charge in [0.15, 0.2) is 5.13 Å². The number of hydrogen-bond donors (Lipinski definition) is 2. The molecular formula is C25H32N8O3S. The molecule has 0 unspecified atom stereocenters. The number of anilines is 3. The second-order valence-electron chi connectivity index (χ2n) is 9.54. The normalized spacial score (nSPS) is 19.0. The molecule has 12 heteroatoms. The van der Waals surface area contributed by atoms with Crippen molar-refractivity contribution >= 4 is 50.6 Å². The van der Waals surface area contributed by atoms with Crippen molar-refractivity contribution in [3.05, 3.63) is 36.5 Å². The number of thiazole rings is 1. The Hall–Kier alpha value is -3.51. The van der Waals surface area contributed by atoms with Gasteiger partial charge in [-0.05, 0) is 50.9 Å². The van der Waals surface area contributed by atoms with Crippen LogP contribution in [0.4, 0.5) is 26.5 Å². The van der Waals surface area contributed by atoms with E-state index in [-0.39, 0.29) is 18.2 Å². The van der Waals surface area contributed by atoms with Gasteiger partial charge >= 0.3 is 12.1 Å². The van der Waals surface area contributed by atoms with Crippen LogP contribution in [0.2, 0.25) is 0 Å². The molecule has 196 valence electrons. The maximum absolute atomic E-state index is 13.0. The van der Waals surface area contributed by atoms with Gasteiger partial charge < -0.3 is 19.4 Å². The van der Waals surface area contributed by atoms with E-state index in [1.807, 2.05) is 29.2 Å². The van der Waals surface area contributed by atoms with Crippen LogP contribution in [0.3, 0.4) is 0 Å². The average molecular weight is 525 g/mol. The van der Waals surface area contributed by atoms with Crippen molar-refractivity contribution in [2.75, 3.05) is 55.8 Å². The van der Waals surface area contributed by atoms with E-state index in [1.54, 1.807) is 24.2 Å². The van der Waals surface area contributed by atoms with Crippen LogP contribution in [-0.4, -0.2) is 89.3 Å². The molecule has 0 spiro atoms. The van der Waals surface area contributed by atoms with Gasteiger partial charge in [-0.1, -0.05) is 23.5 Å². The molecule has 0 bridgehead atoms. The Morgan fingerprint density at radius 1 is 1.08 bits per heavy atom. The number of aromatic nitrogens is 3. The van der Waals surface area contributed by atoms with Crippen molar-refractivity contribution < 1.29 is 14.3 Å². The summed E-state index contributed by atoms with van der Waals surface area (Å²) in [7, 11) is 3.87. The predicted molar refractivity (Wildman–Crippen MR) is 144 cm³/mol. The number of rotatable bonds is 5. The number of hydrogen-bond acceptors (Lipinski definition) is 9. The highest BCUT2D eigenvalue weighted by Crippen LogP contribution is 2.26. The number of nitrogens with one attached hydrogen (secondary N) is 2. The Labute approximate surface area is 219 Å². The monoisotopic (exact) mass is 524 g/mol. The Bertz CT molecular complexity index is 1210. The Morgan fingerprint density at radius 3 is 2.70 bits per heavy atom. The van der Waals surface area contributed by atoms with Crippen LogP contribution in [0, 0.1) is 0 Å². The van der Waals surface area contributed by atoms with E-state index in [4.69, 9.17) is 4.74 Å². The molecule has 0 saturated carbocycles. The maximum atomic E-state index is 13.0. The van der Waals surface area contributed by atoms with Crippen molar-refractivity contribution in [3.8, 4) is 0 Å². The quantitative estimate of drug-likeness (QED) is 0.517. The summed E-state index contributed by atoms with van der Waals surface area (Å²) in [4.78, 5) is 44.8.